The normalized spacial score (nSPS) is 14.3. The van der Waals surface area contributed by atoms with Gasteiger partial charge in [0, 0.05) is 5.69 Å². The van der Waals surface area contributed by atoms with E-state index in [9.17, 15) is 9.90 Å². The Morgan fingerprint density at radius 1 is 1.26 bits per heavy atom. The number of anilines is 1. The Kier molecular flexibility index (Phi) is 4.37. The van der Waals surface area contributed by atoms with Crippen molar-refractivity contribution < 1.29 is 14.6 Å². The van der Waals surface area contributed by atoms with Crippen molar-refractivity contribution in [1.29, 1.82) is 5.41 Å². The van der Waals surface area contributed by atoms with Gasteiger partial charge in [-0.25, -0.2) is 9.78 Å². The topological polar surface area (TPSA) is 86.5 Å². The molecule has 2 aromatic carbocycles. The molecule has 0 amide bonds. The van der Waals surface area contributed by atoms with Gasteiger partial charge in [-0.1, -0.05) is 12.1 Å². The minimum atomic E-state index is -0.378. The highest BCUT2D eigenvalue weighted by molar-refractivity contribution is 7.19. The van der Waals surface area contributed by atoms with Crippen LogP contribution in [0.15, 0.2) is 54.3 Å². The molecule has 7 heteroatoms. The van der Waals surface area contributed by atoms with Gasteiger partial charge < -0.3 is 14.7 Å². The van der Waals surface area contributed by atoms with E-state index in [0.29, 0.717) is 22.8 Å². The Labute approximate surface area is 159 Å². The Morgan fingerprint density at radius 2 is 2.00 bits per heavy atom. The molecule has 4 rings (SSSR count). The lowest BCUT2D eigenvalue weighted by molar-refractivity contribution is 0.0526. The maximum absolute atomic E-state index is 11.8. The predicted octanol–water partition coefficient (Wildman–Crippen LogP) is 4.24. The highest BCUT2D eigenvalue weighted by Gasteiger charge is 2.31. The number of esters is 1. The molecule has 27 heavy (non-hydrogen) atoms. The maximum atomic E-state index is 11.8. The lowest BCUT2D eigenvalue weighted by Crippen LogP contribution is -2.26. The fourth-order valence-electron chi connectivity index (χ4n) is 3.00. The van der Waals surface area contributed by atoms with Crippen molar-refractivity contribution in [2.45, 2.75) is 6.92 Å². The van der Waals surface area contributed by atoms with Crippen LogP contribution >= 0.6 is 11.3 Å². The minimum absolute atomic E-state index is 0.119. The number of rotatable bonds is 4. The molecule has 1 aromatic heterocycles. The van der Waals surface area contributed by atoms with Crippen LogP contribution in [-0.2, 0) is 4.74 Å². The molecule has 6 nitrogen and oxygen atoms in total. The molecule has 1 aliphatic heterocycles. The Balaban J connectivity index is 1.61. The number of aromatic nitrogens is 1. The summed E-state index contributed by atoms with van der Waals surface area (Å²) < 4.78 is 6.00. The van der Waals surface area contributed by atoms with Gasteiger partial charge in [0.2, 0.25) is 0 Å². The van der Waals surface area contributed by atoms with Gasteiger partial charge in [-0.15, -0.1) is 11.3 Å². The monoisotopic (exact) mass is 379 g/mol. The number of amidine groups is 1. The number of hydrogen-bond donors (Lipinski definition) is 2. The average Bonchev–Trinajstić information content (AvgIpc) is 3.22. The molecule has 136 valence electrons. The first-order chi connectivity index (χ1) is 13.1. The van der Waals surface area contributed by atoms with Crippen LogP contribution in [0.3, 0.4) is 0 Å². The summed E-state index contributed by atoms with van der Waals surface area (Å²) in [6, 6.07) is 14.6. The molecule has 0 bridgehead atoms. The lowest BCUT2D eigenvalue weighted by atomic mass is 10.2. The number of para-hydroxylation sites is 1. The summed E-state index contributed by atoms with van der Waals surface area (Å²) in [4.78, 5) is 18.0. The van der Waals surface area contributed by atoms with E-state index in [1.54, 1.807) is 36.1 Å². The van der Waals surface area contributed by atoms with E-state index in [1.807, 2.05) is 24.3 Å². The SMILES string of the molecule is CCOC(=O)c1ccc(N2CC(O)=C(c3nc4ccccc4s3)C2=N)cc1. The summed E-state index contributed by atoms with van der Waals surface area (Å²) in [5.74, 6) is -0.0688. The fourth-order valence-corrected chi connectivity index (χ4v) is 4.03. The number of fused-ring (bicyclic) bond motifs is 1. The average molecular weight is 379 g/mol. The van der Waals surface area contributed by atoms with E-state index < -0.39 is 0 Å². The summed E-state index contributed by atoms with van der Waals surface area (Å²) in [6.07, 6.45) is 0. The van der Waals surface area contributed by atoms with Crippen LogP contribution in [0.25, 0.3) is 15.8 Å². The highest BCUT2D eigenvalue weighted by Crippen LogP contribution is 2.35. The molecule has 2 heterocycles. The first-order valence-electron chi connectivity index (χ1n) is 8.50. The Bertz CT molecular complexity index is 1040. The number of aliphatic hydroxyl groups excluding tert-OH is 1. The van der Waals surface area contributed by atoms with Crippen molar-refractivity contribution in [3.05, 3.63) is 64.9 Å². The highest BCUT2D eigenvalue weighted by atomic mass is 32.1. The number of nitrogens with zero attached hydrogens (tertiary/aromatic N) is 2. The quantitative estimate of drug-likeness (QED) is 0.662. The number of carbonyl (C=O) groups excluding carboxylic acids is 1. The van der Waals surface area contributed by atoms with Crippen molar-refractivity contribution in [1.82, 2.24) is 4.98 Å². The van der Waals surface area contributed by atoms with Crippen molar-refractivity contribution >= 4 is 44.6 Å². The Hall–Kier alpha value is -3.19. The number of nitrogens with one attached hydrogen (secondary N) is 1. The molecule has 3 aromatic rings. The number of carbonyl (C=O) groups is 1. The summed E-state index contributed by atoms with van der Waals surface area (Å²) in [5.41, 5.74) is 2.47. The largest absolute Gasteiger partial charge is 0.510 e. The van der Waals surface area contributed by atoms with Crippen molar-refractivity contribution in [2.24, 2.45) is 0 Å². The van der Waals surface area contributed by atoms with E-state index in [1.165, 1.54) is 11.3 Å². The third-order valence-corrected chi connectivity index (χ3v) is 5.35. The van der Waals surface area contributed by atoms with E-state index in [4.69, 9.17) is 10.1 Å². The van der Waals surface area contributed by atoms with Crippen LogP contribution in [0.2, 0.25) is 0 Å². The number of aliphatic hydroxyl groups is 1. The molecular weight excluding hydrogens is 362 g/mol. The Morgan fingerprint density at radius 3 is 2.70 bits per heavy atom. The van der Waals surface area contributed by atoms with Crippen LogP contribution in [0, 0.1) is 5.41 Å². The summed E-state index contributed by atoms with van der Waals surface area (Å²) in [7, 11) is 0. The van der Waals surface area contributed by atoms with E-state index in [-0.39, 0.29) is 24.1 Å². The zero-order chi connectivity index (χ0) is 19.0. The lowest BCUT2D eigenvalue weighted by Gasteiger charge is -2.18. The van der Waals surface area contributed by atoms with Crippen LogP contribution in [0.1, 0.15) is 22.3 Å². The van der Waals surface area contributed by atoms with Crippen molar-refractivity contribution in [2.75, 3.05) is 18.1 Å². The second-order valence-electron chi connectivity index (χ2n) is 6.01. The van der Waals surface area contributed by atoms with Crippen molar-refractivity contribution in [3.8, 4) is 0 Å². The van der Waals surface area contributed by atoms with Gasteiger partial charge in [0.15, 0.2) is 0 Å². The zero-order valence-electron chi connectivity index (χ0n) is 14.6. The molecular formula is C20H17N3O3S. The molecule has 0 unspecified atom stereocenters. The van der Waals surface area contributed by atoms with Gasteiger partial charge in [-0.05, 0) is 43.3 Å². The molecule has 1 aliphatic rings. The summed E-state index contributed by atoms with van der Waals surface area (Å²) in [5, 5.41) is 19.6. The molecule has 0 radical (unpaired) electrons. The van der Waals surface area contributed by atoms with E-state index >= 15 is 0 Å². The molecule has 0 fully saturated rings. The second-order valence-corrected chi connectivity index (χ2v) is 7.04. The third-order valence-electron chi connectivity index (χ3n) is 4.30. The predicted molar refractivity (Wildman–Crippen MR) is 107 cm³/mol. The summed E-state index contributed by atoms with van der Waals surface area (Å²) in [6.45, 7) is 2.28. The molecule has 0 saturated carbocycles. The second kappa shape index (κ2) is 6.85. The van der Waals surface area contributed by atoms with Gasteiger partial charge in [-0.3, -0.25) is 5.41 Å². The fraction of sp³-hybridized carbons (Fsp3) is 0.150. The number of hydrogen-bond acceptors (Lipinski definition) is 6. The first-order valence-corrected chi connectivity index (χ1v) is 9.32. The van der Waals surface area contributed by atoms with Gasteiger partial charge >= 0.3 is 5.97 Å². The van der Waals surface area contributed by atoms with E-state index in [2.05, 4.69) is 4.98 Å². The van der Waals surface area contributed by atoms with Crippen molar-refractivity contribution in [3.63, 3.8) is 0 Å². The minimum Gasteiger partial charge on any atom is -0.510 e. The summed E-state index contributed by atoms with van der Waals surface area (Å²) >= 11 is 1.45. The molecule has 0 atom stereocenters. The molecule has 0 saturated heterocycles. The molecule has 0 aliphatic carbocycles. The molecule has 0 spiro atoms. The van der Waals surface area contributed by atoms with Gasteiger partial charge in [0.1, 0.15) is 16.6 Å². The van der Waals surface area contributed by atoms with Gasteiger partial charge in [-0.2, -0.15) is 0 Å². The number of ether oxygens (including phenoxy) is 1. The van der Waals surface area contributed by atoms with Crippen LogP contribution in [0.5, 0.6) is 0 Å². The van der Waals surface area contributed by atoms with E-state index in [0.717, 1.165) is 15.9 Å². The smallest absolute Gasteiger partial charge is 0.338 e. The zero-order valence-corrected chi connectivity index (χ0v) is 15.4. The van der Waals surface area contributed by atoms with Crippen LogP contribution in [0.4, 0.5) is 5.69 Å². The third kappa shape index (κ3) is 3.06. The standard InChI is InChI=1S/C20H17N3O3S/c1-2-26-20(25)12-7-9-13(10-8-12)23-11-15(24)17(18(23)21)19-22-14-5-3-4-6-16(14)27-19/h3-10,21,24H,2,11H2,1H3. The number of thiazole rings is 1. The van der Waals surface area contributed by atoms with Crippen LogP contribution < -0.4 is 4.90 Å². The van der Waals surface area contributed by atoms with Gasteiger partial charge in [0.25, 0.3) is 0 Å². The first kappa shape index (κ1) is 17.2. The number of benzene rings is 2. The van der Waals surface area contributed by atoms with Crippen LogP contribution in [-0.4, -0.2) is 35.0 Å². The molecule has 2 N–H and O–H groups in total. The van der Waals surface area contributed by atoms with Gasteiger partial charge in [0.05, 0.1) is 34.5 Å². The maximum Gasteiger partial charge on any atom is 0.338 e.